The highest BCUT2D eigenvalue weighted by atomic mass is 32.2. The number of rotatable bonds is 3. The Hall–Kier alpha value is -0.580. The van der Waals surface area contributed by atoms with Gasteiger partial charge >= 0.3 is 0 Å². The summed E-state index contributed by atoms with van der Waals surface area (Å²) in [6, 6.07) is 0. The van der Waals surface area contributed by atoms with Gasteiger partial charge in [-0.2, -0.15) is 0 Å². The molecule has 2 aliphatic rings. The summed E-state index contributed by atoms with van der Waals surface area (Å²) in [5.41, 5.74) is 5.17. The number of nitrogens with two attached hydrogens (primary N) is 1. The summed E-state index contributed by atoms with van der Waals surface area (Å²) in [5.74, 6) is -0.648. The summed E-state index contributed by atoms with van der Waals surface area (Å²) in [6.07, 6.45) is 3.08. The predicted molar refractivity (Wildman–Crippen MR) is 47.7 cm³/mol. The zero-order valence-electron chi connectivity index (χ0n) is 7.32. The first-order chi connectivity index (χ1) is 6.01. The molecule has 0 spiro atoms. The number of carbonyl (C=O) groups excluding carboxylic acids is 1. The van der Waals surface area contributed by atoms with Crippen LogP contribution in [-0.2, 0) is 14.6 Å². The van der Waals surface area contributed by atoms with Crippen molar-refractivity contribution in [3.05, 3.63) is 0 Å². The van der Waals surface area contributed by atoms with E-state index in [4.69, 9.17) is 5.73 Å². The first kappa shape index (κ1) is 8.99. The van der Waals surface area contributed by atoms with Crippen LogP contribution in [0.4, 0.5) is 0 Å². The summed E-state index contributed by atoms with van der Waals surface area (Å²) in [4.78, 5) is 11.1. The van der Waals surface area contributed by atoms with Gasteiger partial charge < -0.3 is 5.73 Å². The highest BCUT2D eigenvalue weighted by Gasteiger charge is 2.58. The van der Waals surface area contributed by atoms with Crippen molar-refractivity contribution in [2.75, 3.05) is 0 Å². The number of carbonyl (C=O) groups is 1. The average molecular weight is 203 g/mol. The van der Waals surface area contributed by atoms with Gasteiger partial charge in [0, 0.05) is 0 Å². The van der Waals surface area contributed by atoms with Gasteiger partial charge in [-0.1, -0.05) is 0 Å². The minimum absolute atomic E-state index is 0.278. The number of hydrogen-bond acceptors (Lipinski definition) is 3. The predicted octanol–water partition coefficient (Wildman–Crippen LogP) is -0.0284. The van der Waals surface area contributed by atoms with E-state index >= 15 is 0 Å². The number of sulfone groups is 1. The summed E-state index contributed by atoms with van der Waals surface area (Å²) in [6.45, 7) is 0. The molecule has 2 rings (SSSR count). The number of amides is 1. The zero-order chi connectivity index (χ0) is 9.69. The van der Waals surface area contributed by atoms with E-state index in [2.05, 4.69) is 0 Å². The maximum atomic E-state index is 11.8. The van der Waals surface area contributed by atoms with Gasteiger partial charge in [0.1, 0.15) is 0 Å². The smallest absolute Gasteiger partial charge is 0.238 e. The van der Waals surface area contributed by atoms with Crippen LogP contribution < -0.4 is 5.73 Å². The van der Waals surface area contributed by atoms with Gasteiger partial charge in [0.15, 0.2) is 14.6 Å². The summed E-state index contributed by atoms with van der Waals surface area (Å²) in [5, 5.41) is -0.278. The lowest BCUT2D eigenvalue weighted by atomic mass is 9.84. The third-order valence-electron chi connectivity index (χ3n) is 3.12. The quantitative estimate of drug-likeness (QED) is 0.699. The Labute approximate surface area is 77.4 Å². The van der Waals surface area contributed by atoms with Crippen LogP contribution in [-0.4, -0.2) is 24.3 Å². The fraction of sp³-hybridized carbons (Fsp3) is 0.875. The molecular weight excluding hydrogens is 190 g/mol. The zero-order valence-corrected chi connectivity index (χ0v) is 8.14. The molecule has 0 radical (unpaired) electrons. The van der Waals surface area contributed by atoms with Gasteiger partial charge in [-0.3, -0.25) is 4.79 Å². The van der Waals surface area contributed by atoms with E-state index in [0.717, 1.165) is 6.42 Å². The van der Waals surface area contributed by atoms with Gasteiger partial charge in [0.25, 0.3) is 0 Å². The molecule has 0 heterocycles. The highest BCUT2D eigenvalue weighted by Crippen LogP contribution is 2.46. The maximum absolute atomic E-state index is 11.8. The molecule has 1 amide bonds. The van der Waals surface area contributed by atoms with Gasteiger partial charge in [0.05, 0.1) is 5.25 Å². The van der Waals surface area contributed by atoms with Crippen molar-refractivity contribution >= 4 is 15.7 Å². The molecule has 0 unspecified atom stereocenters. The monoisotopic (exact) mass is 203 g/mol. The van der Waals surface area contributed by atoms with Gasteiger partial charge in [-0.15, -0.1) is 0 Å². The third-order valence-corrected chi connectivity index (χ3v) is 6.17. The second-order valence-electron chi connectivity index (χ2n) is 3.96. The fourth-order valence-electron chi connectivity index (χ4n) is 1.87. The molecule has 0 aromatic rings. The lowest BCUT2D eigenvalue weighted by Gasteiger charge is -2.37. The van der Waals surface area contributed by atoms with Crippen molar-refractivity contribution in [2.24, 2.45) is 5.73 Å². The van der Waals surface area contributed by atoms with Gasteiger partial charge in [0.2, 0.25) is 5.91 Å². The van der Waals surface area contributed by atoms with E-state index in [1.54, 1.807) is 0 Å². The van der Waals surface area contributed by atoms with Crippen LogP contribution in [0.3, 0.4) is 0 Å². The van der Waals surface area contributed by atoms with Crippen molar-refractivity contribution < 1.29 is 13.2 Å². The molecule has 4 nitrogen and oxygen atoms in total. The topological polar surface area (TPSA) is 77.2 Å². The lowest BCUT2D eigenvalue weighted by molar-refractivity contribution is -0.122. The molecule has 0 atom stereocenters. The molecule has 0 bridgehead atoms. The molecule has 13 heavy (non-hydrogen) atoms. The standard InChI is InChI=1S/C8H13NO3S/c9-7(10)8(4-1-5-8)13(11,12)6-2-3-6/h6H,1-5H2,(H2,9,10). The largest absolute Gasteiger partial charge is 0.368 e. The van der Waals surface area contributed by atoms with Crippen LogP contribution in [0, 0.1) is 0 Å². The second kappa shape index (κ2) is 2.47. The normalized spacial score (nSPS) is 26.5. The molecule has 2 aliphatic carbocycles. The van der Waals surface area contributed by atoms with E-state index < -0.39 is 20.5 Å². The first-order valence-corrected chi connectivity index (χ1v) is 6.09. The maximum Gasteiger partial charge on any atom is 0.238 e. The molecule has 2 saturated carbocycles. The molecular formula is C8H13NO3S. The lowest BCUT2D eigenvalue weighted by Crippen LogP contribution is -2.56. The highest BCUT2D eigenvalue weighted by molar-refractivity contribution is 7.94. The molecule has 0 aromatic carbocycles. The SMILES string of the molecule is NC(=O)C1(S(=O)(=O)C2CC2)CCC1. The van der Waals surface area contributed by atoms with Crippen molar-refractivity contribution in [2.45, 2.75) is 42.1 Å². The molecule has 0 aromatic heterocycles. The average Bonchev–Trinajstić information content (AvgIpc) is 2.59. The fourth-order valence-corrected chi connectivity index (χ4v) is 4.40. The van der Waals surface area contributed by atoms with Crippen molar-refractivity contribution in [3.63, 3.8) is 0 Å². The molecule has 0 saturated heterocycles. The Morgan fingerprint density at radius 1 is 1.31 bits per heavy atom. The number of primary amides is 1. The van der Waals surface area contributed by atoms with Crippen molar-refractivity contribution in [3.8, 4) is 0 Å². The van der Waals surface area contributed by atoms with Crippen LogP contribution in [0.15, 0.2) is 0 Å². The molecule has 2 fully saturated rings. The second-order valence-corrected chi connectivity index (χ2v) is 6.49. The third kappa shape index (κ3) is 1.03. The summed E-state index contributed by atoms with van der Waals surface area (Å²) < 4.78 is 22.5. The summed E-state index contributed by atoms with van der Waals surface area (Å²) >= 11 is 0. The van der Waals surface area contributed by atoms with E-state index in [9.17, 15) is 13.2 Å². The van der Waals surface area contributed by atoms with Crippen LogP contribution in [0.1, 0.15) is 32.1 Å². The van der Waals surface area contributed by atoms with E-state index in [-0.39, 0.29) is 5.25 Å². The van der Waals surface area contributed by atoms with Crippen molar-refractivity contribution in [1.29, 1.82) is 0 Å². The number of hydrogen-bond donors (Lipinski definition) is 1. The summed E-state index contributed by atoms with van der Waals surface area (Å²) in [7, 11) is -3.26. The van der Waals surface area contributed by atoms with E-state index in [0.29, 0.717) is 25.7 Å². The van der Waals surface area contributed by atoms with Crippen LogP contribution >= 0.6 is 0 Å². The minimum Gasteiger partial charge on any atom is -0.368 e. The van der Waals surface area contributed by atoms with E-state index in [1.165, 1.54) is 0 Å². The van der Waals surface area contributed by atoms with Gasteiger partial charge in [-0.25, -0.2) is 8.42 Å². The Balaban J connectivity index is 2.35. The van der Waals surface area contributed by atoms with Crippen LogP contribution in [0.2, 0.25) is 0 Å². The van der Waals surface area contributed by atoms with Crippen LogP contribution in [0.5, 0.6) is 0 Å². The Bertz CT molecular complexity index is 338. The molecule has 5 heteroatoms. The minimum atomic E-state index is -3.26. The Morgan fingerprint density at radius 2 is 1.85 bits per heavy atom. The molecule has 2 N–H and O–H groups in total. The van der Waals surface area contributed by atoms with Crippen molar-refractivity contribution in [1.82, 2.24) is 0 Å². The Kier molecular flexibility index (Phi) is 1.71. The van der Waals surface area contributed by atoms with E-state index in [1.807, 2.05) is 0 Å². The Morgan fingerprint density at radius 3 is 2.08 bits per heavy atom. The van der Waals surface area contributed by atoms with Crippen LogP contribution in [0.25, 0.3) is 0 Å². The first-order valence-electron chi connectivity index (χ1n) is 4.54. The molecule has 74 valence electrons. The van der Waals surface area contributed by atoms with Gasteiger partial charge in [-0.05, 0) is 32.1 Å². The molecule has 0 aliphatic heterocycles.